The van der Waals surface area contributed by atoms with Crippen LogP contribution in [-0.2, 0) is 4.79 Å². The molecule has 1 aliphatic rings. The highest BCUT2D eigenvalue weighted by Gasteiger charge is 2.35. The Morgan fingerprint density at radius 1 is 1.58 bits per heavy atom. The number of alkyl halides is 2. The van der Waals surface area contributed by atoms with Gasteiger partial charge in [0.15, 0.2) is 0 Å². The van der Waals surface area contributed by atoms with Crippen molar-refractivity contribution in [2.75, 3.05) is 6.54 Å². The minimum absolute atomic E-state index is 0.0195. The Balaban J connectivity index is 2.41. The Morgan fingerprint density at radius 3 is 2.92 bits per heavy atom. The molecule has 1 unspecified atom stereocenters. The molecule has 1 saturated carbocycles. The maximum atomic E-state index is 12.7. The van der Waals surface area contributed by atoms with Gasteiger partial charge >= 0.3 is 0 Å². The van der Waals surface area contributed by atoms with Gasteiger partial charge in [0.25, 0.3) is 0 Å². The van der Waals surface area contributed by atoms with Gasteiger partial charge in [-0.25, -0.2) is 18.6 Å². The zero-order valence-electron chi connectivity index (χ0n) is 6.72. The summed E-state index contributed by atoms with van der Waals surface area (Å²) in [5.74, 6) is -2.67. The maximum absolute atomic E-state index is 12.7. The Kier molecular flexibility index (Phi) is 2.93. The van der Waals surface area contributed by atoms with Crippen molar-refractivity contribution in [2.45, 2.75) is 31.6 Å². The van der Waals surface area contributed by atoms with Gasteiger partial charge in [0, 0.05) is 12.8 Å². The molecule has 0 bridgehead atoms. The van der Waals surface area contributed by atoms with Gasteiger partial charge in [-0.3, -0.25) is 0 Å². The summed E-state index contributed by atoms with van der Waals surface area (Å²) >= 11 is 0. The van der Waals surface area contributed by atoms with E-state index in [1.165, 1.54) is 6.08 Å². The Bertz CT molecular complexity index is 199. The Labute approximate surface area is 69.7 Å². The fraction of sp³-hybridized carbons (Fsp3) is 0.875. The van der Waals surface area contributed by atoms with Gasteiger partial charge in [-0.05, 0) is 18.8 Å². The van der Waals surface area contributed by atoms with Crippen molar-refractivity contribution >= 4 is 6.08 Å². The molecule has 4 heteroatoms. The van der Waals surface area contributed by atoms with Gasteiger partial charge in [0.2, 0.25) is 12.0 Å². The van der Waals surface area contributed by atoms with Gasteiger partial charge in [0.1, 0.15) is 0 Å². The fourth-order valence-corrected chi connectivity index (χ4v) is 1.60. The van der Waals surface area contributed by atoms with Crippen LogP contribution >= 0.6 is 0 Å². The highest BCUT2D eigenvalue weighted by molar-refractivity contribution is 5.32. The first-order valence-corrected chi connectivity index (χ1v) is 4.05. The number of carbonyl (C=O) groups excluding carboxylic acids is 1. The van der Waals surface area contributed by atoms with E-state index in [2.05, 4.69) is 4.99 Å². The zero-order valence-corrected chi connectivity index (χ0v) is 6.72. The Morgan fingerprint density at radius 2 is 2.33 bits per heavy atom. The average molecular weight is 175 g/mol. The summed E-state index contributed by atoms with van der Waals surface area (Å²) in [6, 6.07) is 0. The molecule has 1 atom stereocenters. The number of rotatable bonds is 2. The molecule has 0 spiro atoms. The third-order valence-electron chi connectivity index (χ3n) is 2.16. The quantitative estimate of drug-likeness (QED) is 0.467. The minimum Gasteiger partial charge on any atom is -0.211 e. The molecule has 0 heterocycles. The standard InChI is InChI=1S/C8H11F2NO/c9-8(10)3-1-2-7(4-8)5-11-6-12/h7H,1-5H2. The largest absolute Gasteiger partial charge is 0.248 e. The van der Waals surface area contributed by atoms with Crippen LogP contribution in [0.5, 0.6) is 0 Å². The number of halogens is 2. The summed E-state index contributed by atoms with van der Waals surface area (Å²) in [4.78, 5) is 13.1. The van der Waals surface area contributed by atoms with Crippen molar-refractivity contribution in [3.8, 4) is 0 Å². The van der Waals surface area contributed by atoms with E-state index in [4.69, 9.17) is 0 Å². The smallest absolute Gasteiger partial charge is 0.211 e. The summed E-state index contributed by atoms with van der Waals surface area (Å²) in [6.07, 6.45) is 2.51. The molecule has 0 amide bonds. The summed E-state index contributed by atoms with van der Waals surface area (Å²) in [6.45, 7) is 0.207. The number of isocyanates is 1. The van der Waals surface area contributed by atoms with Crippen LogP contribution in [0.4, 0.5) is 8.78 Å². The van der Waals surface area contributed by atoms with E-state index in [0.717, 1.165) is 6.42 Å². The summed E-state index contributed by atoms with van der Waals surface area (Å²) in [5, 5.41) is 0. The molecule has 0 N–H and O–H groups in total. The molecule has 1 aliphatic carbocycles. The minimum atomic E-state index is -2.54. The van der Waals surface area contributed by atoms with Crippen molar-refractivity contribution in [1.82, 2.24) is 0 Å². The topological polar surface area (TPSA) is 29.4 Å². The second-order valence-electron chi connectivity index (χ2n) is 3.25. The van der Waals surface area contributed by atoms with Crippen molar-refractivity contribution in [3.63, 3.8) is 0 Å². The second-order valence-corrected chi connectivity index (χ2v) is 3.25. The highest BCUT2D eigenvalue weighted by atomic mass is 19.3. The summed E-state index contributed by atoms with van der Waals surface area (Å²) < 4.78 is 25.5. The van der Waals surface area contributed by atoms with Crippen LogP contribution in [0.3, 0.4) is 0 Å². The molecule has 2 nitrogen and oxygen atoms in total. The zero-order chi connectivity index (χ0) is 9.03. The molecule has 1 fully saturated rings. The van der Waals surface area contributed by atoms with Gasteiger partial charge < -0.3 is 0 Å². The first-order valence-electron chi connectivity index (χ1n) is 4.05. The normalized spacial score (nSPS) is 27.7. The van der Waals surface area contributed by atoms with Crippen molar-refractivity contribution < 1.29 is 13.6 Å². The lowest BCUT2D eigenvalue weighted by molar-refractivity contribution is -0.0507. The van der Waals surface area contributed by atoms with E-state index < -0.39 is 5.92 Å². The molecular weight excluding hydrogens is 164 g/mol. The summed E-state index contributed by atoms with van der Waals surface area (Å²) in [7, 11) is 0. The monoisotopic (exact) mass is 175 g/mol. The SMILES string of the molecule is O=C=NCC1CCCC(F)(F)C1. The van der Waals surface area contributed by atoms with E-state index in [1.807, 2.05) is 0 Å². The van der Waals surface area contributed by atoms with Crippen molar-refractivity contribution in [2.24, 2.45) is 10.9 Å². The Hall–Kier alpha value is -0.760. The maximum Gasteiger partial charge on any atom is 0.248 e. The molecule has 0 saturated heterocycles. The number of nitrogens with zero attached hydrogens (tertiary/aromatic N) is 1. The van der Waals surface area contributed by atoms with E-state index in [9.17, 15) is 13.6 Å². The lowest BCUT2D eigenvalue weighted by Gasteiger charge is -2.27. The molecular formula is C8H11F2NO. The molecule has 12 heavy (non-hydrogen) atoms. The van der Waals surface area contributed by atoms with E-state index >= 15 is 0 Å². The van der Waals surface area contributed by atoms with E-state index in [0.29, 0.717) is 6.42 Å². The number of hydrogen-bond acceptors (Lipinski definition) is 2. The van der Waals surface area contributed by atoms with E-state index in [-0.39, 0.29) is 25.3 Å². The predicted octanol–water partition coefficient (Wildman–Crippen LogP) is 2.15. The van der Waals surface area contributed by atoms with Crippen LogP contribution in [-0.4, -0.2) is 18.5 Å². The fourth-order valence-electron chi connectivity index (χ4n) is 1.60. The third-order valence-corrected chi connectivity index (χ3v) is 2.16. The molecule has 0 aromatic rings. The van der Waals surface area contributed by atoms with Crippen molar-refractivity contribution in [1.29, 1.82) is 0 Å². The van der Waals surface area contributed by atoms with Crippen LogP contribution in [0, 0.1) is 5.92 Å². The van der Waals surface area contributed by atoms with Crippen LogP contribution in [0.25, 0.3) is 0 Å². The molecule has 0 aliphatic heterocycles. The van der Waals surface area contributed by atoms with Gasteiger partial charge in [-0.1, -0.05) is 0 Å². The second kappa shape index (κ2) is 3.76. The van der Waals surface area contributed by atoms with Gasteiger partial charge in [-0.2, -0.15) is 0 Å². The number of hydrogen-bond donors (Lipinski definition) is 0. The molecule has 0 aromatic heterocycles. The highest BCUT2D eigenvalue weighted by Crippen LogP contribution is 2.36. The van der Waals surface area contributed by atoms with Crippen LogP contribution in [0.15, 0.2) is 4.99 Å². The predicted molar refractivity (Wildman–Crippen MR) is 39.9 cm³/mol. The first-order chi connectivity index (χ1) is 5.64. The first kappa shape index (κ1) is 9.33. The number of aliphatic imine (C=N–C) groups is 1. The third kappa shape index (κ3) is 2.70. The van der Waals surface area contributed by atoms with Gasteiger partial charge in [-0.15, -0.1) is 0 Å². The lowest BCUT2D eigenvalue weighted by Crippen LogP contribution is -2.27. The van der Waals surface area contributed by atoms with Crippen LogP contribution in [0.2, 0.25) is 0 Å². The van der Waals surface area contributed by atoms with E-state index in [1.54, 1.807) is 0 Å². The molecule has 0 radical (unpaired) electrons. The van der Waals surface area contributed by atoms with Crippen LogP contribution < -0.4 is 0 Å². The molecule has 0 aromatic carbocycles. The summed E-state index contributed by atoms with van der Waals surface area (Å²) in [5.41, 5.74) is 0. The van der Waals surface area contributed by atoms with Crippen LogP contribution in [0.1, 0.15) is 25.7 Å². The molecule has 1 rings (SSSR count). The van der Waals surface area contributed by atoms with Crippen molar-refractivity contribution in [3.05, 3.63) is 0 Å². The average Bonchev–Trinajstić information content (AvgIpc) is 1.99. The molecule has 68 valence electrons. The lowest BCUT2D eigenvalue weighted by atomic mass is 9.87. The van der Waals surface area contributed by atoms with Gasteiger partial charge in [0.05, 0.1) is 6.54 Å².